The maximum absolute atomic E-state index is 11.6. The Morgan fingerprint density at radius 1 is 1.11 bits per heavy atom. The highest BCUT2D eigenvalue weighted by Gasteiger charge is 2.50. The molecular weight excluding hydrogens is 236 g/mol. The summed E-state index contributed by atoms with van der Waals surface area (Å²) in [6, 6.07) is 0. The molecule has 3 heteroatoms. The van der Waals surface area contributed by atoms with Crippen molar-refractivity contribution in [2.24, 2.45) is 28.9 Å². The van der Waals surface area contributed by atoms with Crippen LogP contribution in [0.4, 0.5) is 0 Å². The van der Waals surface area contributed by atoms with Gasteiger partial charge in [0.2, 0.25) is 5.91 Å². The van der Waals surface area contributed by atoms with E-state index in [-0.39, 0.29) is 5.91 Å². The maximum Gasteiger partial charge on any atom is 0.220 e. The van der Waals surface area contributed by atoms with Gasteiger partial charge in [-0.3, -0.25) is 4.79 Å². The zero-order chi connectivity index (χ0) is 13.3. The van der Waals surface area contributed by atoms with E-state index in [1.54, 1.807) is 0 Å². The molecule has 0 aromatic carbocycles. The van der Waals surface area contributed by atoms with Gasteiger partial charge in [-0.25, -0.2) is 0 Å². The Balaban J connectivity index is 1.46. The van der Waals surface area contributed by atoms with Crippen molar-refractivity contribution in [2.75, 3.05) is 13.1 Å². The number of amides is 1. The first-order valence-electron chi connectivity index (χ1n) is 8.16. The molecule has 4 rings (SSSR count). The summed E-state index contributed by atoms with van der Waals surface area (Å²) in [5.41, 5.74) is 6.02. The minimum Gasteiger partial charge on any atom is -0.356 e. The molecule has 4 saturated carbocycles. The lowest BCUT2D eigenvalue weighted by atomic mass is 9.49. The lowest BCUT2D eigenvalue weighted by molar-refractivity contribution is -0.121. The maximum atomic E-state index is 11.6. The average Bonchev–Trinajstić information content (AvgIpc) is 2.34. The fraction of sp³-hybridized carbons (Fsp3) is 0.938. The highest BCUT2D eigenvalue weighted by atomic mass is 16.1. The van der Waals surface area contributed by atoms with Gasteiger partial charge >= 0.3 is 0 Å². The minimum atomic E-state index is 0.190. The van der Waals surface area contributed by atoms with E-state index in [0.717, 1.165) is 30.7 Å². The molecule has 0 unspecified atom stereocenters. The Hall–Kier alpha value is -0.570. The van der Waals surface area contributed by atoms with Crippen LogP contribution in [-0.2, 0) is 4.79 Å². The summed E-state index contributed by atoms with van der Waals surface area (Å²) in [5.74, 6) is 3.23. The van der Waals surface area contributed by atoms with Gasteiger partial charge in [-0.15, -0.1) is 0 Å². The fourth-order valence-corrected chi connectivity index (χ4v) is 5.41. The van der Waals surface area contributed by atoms with Crippen molar-refractivity contribution in [3.8, 4) is 0 Å². The SMILES string of the molecule is NCCCC(=O)NCCC12CC3CC(CC(C3)C1)C2. The fourth-order valence-electron chi connectivity index (χ4n) is 5.41. The lowest BCUT2D eigenvalue weighted by Gasteiger charge is -2.57. The molecule has 4 fully saturated rings. The Morgan fingerprint density at radius 2 is 1.68 bits per heavy atom. The van der Waals surface area contributed by atoms with Crippen LogP contribution in [-0.4, -0.2) is 19.0 Å². The molecule has 3 nitrogen and oxygen atoms in total. The molecule has 0 aromatic heterocycles. The van der Waals surface area contributed by atoms with E-state index >= 15 is 0 Å². The molecule has 108 valence electrons. The smallest absolute Gasteiger partial charge is 0.220 e. The molecule has 0 saturated heterocycles. The Labute approximate surface area is 116 Å². The standard InChI is InChI=1S/C16H28N2O/c17-4-1-2-15(19)18-5-3-16-9-12-6-13(10-16)8-14(7-12)11-16/h12-14H,1-11,17H2,(H,18,19). The second-order valence-corrected chi connectivity index (χ2v) is 7.41. The molecule has 0 aliphatic heterocycles. The molecule has 0 aromatic rings. The molecule has 0 atom stereocenters. The van der Waals surface area contributed by atoms with Gasteiger partial charge in [0.1, 0.15) is 0 Å². The Kier molecular flexibility index (Phi) is 3.84. The number of hydrogen-bond donors (Lipinski definition) is 2. The molecule has 4 aliphatic rings. The van der Waals surface area contributed by atoms with Crippen molar-refractivity contribution in [3.05, 3.63) is 0 Å². The quantitative estimate of drug-likeness (QED) is 0.774. The summed E-state index contributed by atoms with van der Waals surface area (Å²) >= 11 is 0. The van der Waals surface area contributed by atoms with Crippen LogP contribution >= 0.6 is 0 Å². The van der Waals surface area contributed by atoms with Gasteiger partial charge in [-0.1, -0.05) is 0 Å². The van der Waals surface area contributed by atoms with Crippen molar-refractivity contribution < 1.29 is 4.79 Å². The first-order chi connectivity index (χ1) is 9.19. The van der Waals surface area contributed by atoms with Crippen LogP contribution in [0.5, 0.6) is 0 Å². The molecule has 4 aliphatic carbocycles. The summed E-state index contributed by atoms with van der Waals surface area (Å²) in [5, 5.41) is 3.10. The van der Waals surface area contributed by atoms with Crippen molar-refractivity contribution in [3.63, 3.8) is 0 Å². The zero-order valence-electron chi connectivity index (χ0n) is 12.0. The van der Waals surface area contributed by atoms with Crippen LogP contribution in [0.1, 0.15) is 57.8 Å². The third kappa shape index (κ3) is 2.96. The summed E-state index contributed by atoms with van der Waals surface area (Å²) < 4.78 is 0. The van der Waals surface area contributed by atoms with Crippen molar-refractivity contribution in [2.45, 2.75) is 57.8 Å². The van der Waals surface area contributed by atoms with Gasteiger partial charge in [0.25, 0.3) is 0 Å². The van der Waals surface area contributed by atoms with Gasteiger partial charge < -0.3 is 11.1 Å². The molecule has 4 bridgehead atoms. The topological polar surface area (TPSA) is 55.1 Å². The number of carbonyl (C=O) groups is 1. The van der Waals surface area contributed by atoms with E-state index < -0.39 is 0 Å². The second kappa shape index (κ2) is 5.43. The van der Waals surface area contributed by atoms with Gasteiger partial charge in [-0.05, 0) is 81.1 Å². The summed E-state index contributed by atoms with van der Waals surface area (Å²) in [7, 11) is 0. The molecule has 3 N–H and O–H groups in total. The monoisotopic (exact) mass is 264 g/mol. The number of carbonyl (C=O) groups excluding carboxylic acids is 1. The summed E-state index contributed by atoms with van der Waals surface area (Å²) in [6.07, 6.45) is 11.4. The van der Waals surface area contributed by atoms with Crippen LogP contribution in [0.25, 0.3) is 0 Å². The first-order valence-corrected chi connectivity index (χ1v) is 8.16. The highest BCUT2D eigenvalue weighted by Crippen LogP contribution is 2.61. The normalized spacial score (nSPS) is 39.5. The summed E-state index contributed by atoms with van der Waals surface area (Å²) in [4.78, 5) is 11.6. The number of rotatable bonds is 6. The molecule has 0 radical (unpaired) electrons. The van der Waals surface area contributed by atoms with E-state index in [1.807, 2.05) is 0 Å². The summed E-state index contributed by atoms with van der Waals surface area (Å²) in [6.45, 7) is 1.50. The lowest BCUT2D eigenvalue weighted by Crippen LogP contribution is -2.47. The van der Waals surface area contributed by atoms with Crippen molar-refractivity contribution >= 4 is 5.91 Å². The van der Waals surface area contributed by atoms with E-state index in [4.69, 9.17) is 5.73 Å². The first kappa shape index (κ1) is 13.4. The van der Waals surface area contributed by atoms with E-state index in [9.17, 15) is 4.79 Å². The largest absolute Gasteiger partial charge is 0.356 e. The van der Waals surface area contributed by atoms with Crippen LogP contribution in [0.15, 0.2) is 0 Å². The number of hydrogen-bond acceptors (Lipinski definition) is 2. The van der Waals surface area contributed by atoms with Crippen LogP contribution in [0, 0.1) is 23.2 Å². The molecule has 0 heterocycles. The van der Waals surface area contributed by atoms with Gasteiger partial charge in [0.05, 0.1) is 0 Å². The molecule has 0 spiro atoms. The van der Waals surface area contributed by atoms with Crippen molar-refractivity contribution in [1.29, 1.82) is 0 Å². The molecule has 1 amide bonds. The number of nitrogens with one attached hydrogen (secondary N) is 1. The van der Waals surface area contributed by atoms with Gasteiger partial charge in [0, 0.05) is 13.0 Å². The predicted octanol–water partition coefficient (Wildman–Crippen LogP) is 2.45. The second-order valence-electron chi connectivity index (χ2n) is 7.41. The van der Waals surface area contributed by atoms with Crippen LogP contribution in [0.2, 0.25) is 0 Å². The van der Waals surface area contributed by atoms with Crippen LogP contribution < -0.4 is 11.1 Å². The number of nitrogens with two attached hydrogens (primary N) is 1. The molecular formula is C16H28N2O. The van der Waals surface area contributed by atoms with Gasteiger partial charge in [0.15, 0.2) is 0 Å². The molecule has 19 heavy (non-hydrogen) atoms. The van der Waals surface area contributed by atoms with Crippen molar-refractivity contribution in [1.82, 2.24) is 5.32 Å². The Bertz CT molecular complexity index is 304. The highest BCUT2D eigenvalue weighted by molar-refractivity contribution is 5.75. The zero-order valence-corrected chi connectivity index (χ0v) is 12.0. The van der Waals surface area contributed by atoms with Crippen LogP contribution in [0.3, 0.4) is 0 Å². The Morgan fingerprint density at radius 3 is 2.21 bits per heavy atom. The van der Waals surface area contributed by atoms with E-state index in [0.29, 0.717) is 18.4 Å². The minimum absolute atomic E-state index is 0.190. The average molecular weight is 264 g/mol. The predicted molar refractivity (Wildman–Crippen MR) is 76.5 cm³/mol. The van der Waals surface area contributed by atoms with E-state index in [2.05, 4.69) is 5.32 Å². The third-order valence-corrected chi connectivity index (χ3v) is 5.75. The van der Waals surface area contributed by atoms with Gasteiger partial charge in [-0.2, -0.15) is 0 Å². The third-order valence-electron chi connectivity index (χ3n) is 5.75. The van der Waals surface area contributed by atoms with E-state index in [1.165, 1.54) is 44.9 Å².